The van der Waals surface area contributed by atoms with Gasteiger partial charge in [0.05, 0.1) is 6.61 Å². The summed E-state index contributed by atoms with van der Waals surface area (Å²) in [6.45, 7) is 0.798. The van der Waals surface area contributed by atoms with Gasteiger partial charge in [0.1, 0.15) is 0 Å². The second-order valence-corrected chi connectivity index (χ2v) is 4.52. The van der Waals surface area contributed by atoms with E-state index in [0.717, 1.165) is 19.4 Å². The summed E-state index contributed by atoms with van der Waals surface area (Å²) in [6.07, 6.45) is 2.08. The van der Waals surface area contributed by atoms with Crippen LogP contribution in [0, 0.1) is 0 Å². The van der Waals surface area contributed by atoms with E-state index in [1.165, 1.54) is 27.8 Å². The molecule has 0 aromatic heterocycles. The highest BCUT2D eigenvalue weighted by Gasteiger charge is 2.19. The monoisotopic (exact) mass is 224 g/mol. The zero-order valence-electron chi connectivity index (χ0n) is 10.1. The first-order chi connectivity index (χ1) is 8.40. The Hall–Kier alpha value is -1.60. The number of benzene rings is 2. The standard InChI is InChI=1S/C16H16O/c1-17-10-9-12-6-4-8-15-14-7-3-2-5-13(14)11-16(12)15/h2-8H,9-11H2,1H3. The Morgan fingerprint density at radius 1 is 1.00 bits per heavy atom. The van der Waals surface area contributed by atoms with Gasteiger partial charge in [-0.1, -0.05) is 42.5 Å². The van der Waals surface area contributed by atoms with Crippen molar-refractivity contribution >= 4 is 0 Å². The van der Waals surface area contributed by atoms with Crippen LogP contribution in [0.2, 0.25) is 0 Å². The van der Waals surface area contributed by atoms with Crippen molar-refractivity contribution in [3.05, 3.63) is 59.2 Å². The van der Waals surface area contributed by atoms with Gasteiger partial charge in [-0.05, 0) is 40.7 Å². The maximum absolute atomic E-state index is 5.18. The second kappa shape index (κ2) is 4.34. The van der Waals surface area contributed by atoms with E-state index in [4.69, 9.17) is 4.74 Å². The maximum atomic E-state index is 5.18. The van der Waals surface area contributed by atoms with Crippen LogP contribution in [0.15, 0.2) is 42.5 Å². The summed E-state index contributed by atoms with van der Waals surface area (Å²) < 4.78 is 5.18. The summed E-state index contributed by atoms with van der Waals surface area (Å²) in [7, 11) is 1.76. The van der Waals surface area contributed by atoms with Crippen molar-refractivity contribution in [2.24, 2.45) is 0 Å². The van der Waals surface area contributed by atoms with Gasteiger partial charge in [0.25, 0.3) is 0 Å². The summed E-state index contributed by atoms with van der Waals surface area (Å²) in [6, 6.07) is 15.3. The average molecular weight is 224 g/mol. The first-order valence-corrected chi connectivity index (χ1v) is 6.08. The number of hydrogen-bond acceptors (Lipinski definition) is 1. The number of methoxy groups -OCH3 is 1. The molecule has 0 N–H and O–H groups in total. The molecule has 0 unspecified atom stereocenters. The highest BCUT2D eigenvalue weighted by Crippen LogP contribution is 2.38. The molecule has 0 heterocycles. The summed E-state index contributed by atoms with van der Waals surface area (Å²) in [5, 5.41) is 0. The smallest absolute Gasteiger partial charge is 0.0502 e. The maximum Gasteiger partial charge on any atom is 0.0502 e. The molecule has 1 aliphatic rings. The first kappa shape index (κ1) is 10.5. The van der Waals surface area contributed by atoms with Crippen LogP contribution >= 0.6 is 0 Å². The summed E-state index contributed by atoms with van der Waals surface area (Å²) >= 11 is 0. The van der Waals surface area contributed by atoms with Gasteiger partial charge in [0, 0.05) is 7.11 Å². The lowest BCUT2D eigenvalue weighted by Gasteiger charge is -2.07. The molecule has 0 spiro atoms. The second-order valence-electron chi connectivity index (χ2n) is 4.52. The van der Waals surface area contributed by atoms with Crippen LogP contribution in [0.25, 0.3) is 11.1 Å². The van der Waals surface area contributed by atoms with Gasteiger partial charge >= 0.3 is 0 Å². The molecule has 0 fully saturated rings. The van der Waals surface area contributed by atoms with Crippen LogP contribution in [0.1, 0.15) is 16.7 Å². The molecule has 86 valence electrons. The molecule has 1 aliphatic carbocycles. The molecule has 0 aliphatic heterocycles. The van der Waals surface area contributed by atoms with Crippen molar-refractivity contribution in [2.45, 2.75) is 12.8 Å². The Morgan fingerprint density at radius 2 is 1.82 bits per heavy atom. The normalized spacial score (nSPS) is 12.3. The van der Waals surface area contributed by atoms with Gasteiger partial charge in [-0.3, -0.25) is 0 Å². The Balaban J connectivity index is 2.05. The molecule has 17 heavy (non-hydrogen) atoms. The topological polar surface area (TPSA) is 9.23 Å². The van der Waals surface area contributed by atoms with E-state index >= 15 is 0 Å². The molecule has 0 amide bonds. The van der Waals surface area contributed by atoms with Crippen molar-refractivity contribution in [3.63, 3.8) is 0 Å². The van der Waals surface area contributed by atoms with E-state index in [1.54, 1.807) is 7.11 Å². The third-order valence-corrected chi connectivity index (χ3v) is 3.52. The summed E-state index contributed by atoms with van der Waals surface area (Å²) in [4.78, 5) is 0. The number of fused-ring (bicyclic) bond motifs is 3. The van der Waals surface area contributed by atoms with Gasteiger partial charge in [-0.25, -0.2) is 0 Å². The molecular weight excluding hydrogens is 208 g/mol. The summed E-state index contributed by atoms with van der Waals surface area (Å²) in [5.41, 5.74) is 7.19. The number of rotatable bonds is 3. The minimum absolute atomic E-state index is 0.798. The molecule has 1 heteroatoms. The summed E-state index contributed by atoms with van der Waals surface area (Å²) in [5.74, 6) is 0. The Kier molecular flexibility index (Phi) is 2.69. The third-order valence-electron chi connectivity index (χ3n) is 3.52. The highest BCUT2D eigenvalue weighted by molar-refractivity contribution is 5.77. The molecule has 0 radical (unpaired) electrons. The molecule has 2 aromatic rings. The average Bonchev–Trinajstić information content (AvgIpc) is 2.75. The Morgan fingerprint density at radius 3 is 2.71 bits per heavy atom. The lowest BCUT2D eigenvalue weighted by molar-refractivity contribution is 0.202. The third kappa shape index (κ3) is 1.77. The molecule has 0 bridgehead atoms. The highest BCUT2D eigenvalue weighted by atomic mass is 16.5. The van der Waals surface area contributed by atoms with Crippen molar-refractivity contribution < 1.29 is 4.74 Å². The van der Waals surface area contributed by atoms with Crippen molar-refractivity contribution in [1.82, 2.24) is 0 Å². The predicted molar refractivity (Wildman–Crippen MR) is 70.3 cm³/mol. The van der Waals surface area contributed by atoms with Crippen molar-refractivity contribution in [3.8, 4) is 11.1 Å². The van der Waals surface area contributed by atoms with Crippen LogP contribution in [0.5, 0.6) is 0 Å². The van der Waals surface area contributed by atoms with Crippen molar-refractivity contribution in [2.75, 3.05) is 13.7 Å². The lowest BCUT2D eigenvalue weighted by atomic mass is 9.99. The van der Waals surface area contributed by atoms with Crippen LogP contribution in [0.4, 0.5) is 0 Å². The van der Waals surface area contributed by atoms with Crippen molar-refractivity contribution in [1.29, 1.82) is 0 Å². The van der Waals surface area contributed by atoms with E-state index in [-0.39, 0.29) is 0 Å². The largest absolute Gasteiger partial charge is 0.384 e. The molecule has 3 rings (SSSR count). The molecule has 0 saturated carbocycles. The minimum atomic E-state index is 0.798. The van der Waals surface area contributed by atoms with Crippen LogP contribution in [0.3, 0.4) is 0 Å². The van der Waals surface area contributed by atoms with Crippen LogP contribution in [-0.2, 0) is 17.6 Å². The fraction of sp³-hybridized carbons (Fsp3) is 0.250. The van der Waals surface area contributed by atoms with E-state index in [0.29, 0.717) is 0 Å². The van der Waals surface area contributed by atoms with Gasteiger partial charge in [0.2, 0.25) is 0 Å². The molecule has 2 aromatic carbocycles. The number of hydrogen-bond donors (Lipinski definition) is 0. The fourth-order valence-electron chi connectivity index (χ4n) is 2.67. The Labute approximate surface area is 102 Å². The molecular formula is C16H16O. The van der Waals surface area contributed by atoms with Crippen LogP contribution < -0.4 is 0 Å². The zero-order valence-corrected chi connectivity index (χ0v) is 10.1. The Bertz CT molecular complexity index is 543. The van der Waals surface area contributed by atoms with E-state index in [9.17, 15) is 0 Å². The van der Waals surface area contributed by atoms with Crippen LogP contribution in [-0.4, -0.2) is 13.7 Å². The van der Waals surface area contributed by atoms with E-state index in [1.807, 2.05) is 0 Å². The quantitative estimate of drug-likeness (QED) is 0.662. The predicted octanol–water partition coefficient (Wildman–Crippen LogP) is 3.45. The first-order valence-electron chi connectivity index (χ1n) is 6.08. The zero-order chi connectivity index (χ0) is 11.7. The minimum Gasteiger partial charge on any atom is -0.384 e. The molecule has 1 nitrogen and oxygen atoms in total. The fourth-order valence-corrected chi connectivity index (χ4v) is 2.67. The van der Waals surface area contributed by atoms with E-state index < -0.39 is 0 Å². The molecule has 0 saturated heterocycles. The lowest BCUT2D eigenvalue weighted by Crippen LogP contribution is -1.98. The van der Waals surface area contributed by atoms with E-state index in [2.05, 4.69) is 42.5 Å². The van der Waals surface area contributed by atoms with Gasteiger partial charge in [-0.2, -0.15) is 0 Å². The number of ether oxygens (including phenoxy) is 1. The van der Waals surface area contributed by atoms with Gasteiger partial charge in [-0.15, -0.1) is 0 Å². The van der Waals surface area contributed by atoms with Gasteiger partial charge < -0.3 is 4.74 Å². The molecule has 0 atom stereocenters. The SMILES string of the molecule is COCCc1cccc2c1Cc1ccccc1-2. The van der Waals surface area contributed by atoms with Gasteiger partial charge in [0.15, 0.2) is 0 Å².